The zero-order valence-electron chi connectivity index (χ0n) is 10.6. The number of hydrogen-bond donors (Lipinski definition) is 1. The van der Waals surface area contributed by atoms with Gasteiger partial charge in [-0.3, -0.25) is 4.98 Å². The molecular formula is C15H14F3NO. The summed E-state index contributed by atoms with van der Waals surface area (Å²) in [6, 6.07) is 13.1. The Morgan fingerprint density at radius 3 is 2.10 bits per heavy atom. The van der Waals surface area contributed by atoms with Gasteiger partial charge in [0.25, 0.3) is 0 Å². The van der Waals surface area contributed by atoms with Gasteiger partial charge in [0.05, 0.1) is 5.69 Å². The predicted molar refractivity (Wildman–Crippen MR) is 69.0 cm³/mol. The maximum Gasteiger partial charge on any atom is 0.389 e. The highest BCUT2D eigenvalue weighted by molar-refractivity contribution is 5.31. The Morgan fingerprint density at radius 2 is 1.55 bits per heavy atom. The molecule has 20 heavy (non-hydrogen) atoms. The minimum absolute atomic E-state index is 0.218. The summed E-state index contributed by atoms with van der Waals surface area (Å²) in [6.45, 7) is 0. The van der Waals surface area contributed by atoms with E-state index in [4.69, 9.17) is 0 Å². The van der Waals surface area contributed by atoms with E-state index in [1.54, 1.807) is 42.5 Å². The number of pyridine rings is 1. The molecule has 1 aromatic carbocycles. The van der Waals surface area contributed by atoms with Crippen LogP contribution in [0.5, 0.6) is 0 Å². The molecule has 0 aliphatic rings. The van der Waals surface area contributed by atoms with Crippen molar-refractivity contribution in [2.75, 3.05) is 0 Å². The number of rotatable bonds is 4. The van der Waals surface area contributed by atoms with Gasteiger partial charge in [-0.15, -0.1) is 0 Å². The molecule has 2 aromatic rings. The second kappa shape index (κ2) is 5.63. The first kappa shape index (κ1) is 14.5. The lowest BCUT2D eigenvalue weighted by atomic mass is 9.85. The normalized spacial score (nSPS) is 14.8. The number of aromatic nitrogens is 1. The van der Waals surface area contributed by atoms with Crippen LogP contribution in [0.2, 0.25) is 0 Å². The van der Waals surface area contributed by atoms with Crippen molar-refractivity contribution in [1.29, 1.82) is 0 Å². The van der Waals surface area contributed by atoms with Crippen LogP contribution >= 0.6 is 0 Å². The van der Waals surface area contributed by atoms with E-state index in [2.05, 4.69) is 4.98 Å². The topological polar surface area (TPSA) is 33.1 Å². The van der Waals surface area contributed by atoms with E-state index in [9.17, 15) is 18.3 Å². The summed E-state index contributed by atoms with van der Waals surface area (Å²) in [5, 5.41) is 10.8. The monoisotopic (exact) mass is 281 g/mol. The highest BCUT2D eigenvalue weighted by atomic mass is 19.4. The zero-order chi connectivity index (χ0) is 14.6. The van der Waals surface area contributed by atoms with Gasteiger partial charge < -0.3 is 5.11 Å². The van der Waals surface area contributed by atoms with E-state index < -0.39 is 24.6 Å². The van der Waals surface area contributed by atoms with E-state index in [1.165, 1.54) is 12.3 Å². The van der Waals surface area contributed by atoms with E-state index in [-0.39, 0.29) is 5.69 Å². The molecule has 0 saturated heterocycles. The first-order valence-electron chi connectivity index (χ1n) is 6.18. The number of hydrogen-bond acceptors (Lipinski definition) is 2. The molecule has 106 valence electrons. The molecule has 1 atom stereocenters. The van der Waals surface area contributed by atoms with Gasteiger partial charge in [0, 0.05) is 12.6 Å². The zero-order valence-corrected chi connectivity index (χ0v) is 10.6. The van der Waals surface area contributed by atoms with Crippen molar-refractivity contribution in [3.05, 3.63) is 66.0 Å². The molecule has 2 nitrogen and oxygen atoms in total. The van der Waals surface area contributed by atoms with Crippen molar-refractivity contribution in [1.82, 2.24) is 4.98 Å². The summed E-state index contributed by atoms with van der Waals surface area (Å²) >= 11 is 0. The average Bonchev–Trinajstić information content (AvgIpc) is 2.46. The summed E-state index contributed by atoms with van der Waals surface area (Å²) in [6.07, 6.45) is -4.40. The van der Waals surface area contributed by atoms with Gasteiger partial charge in [-0.2, -0.15) is 13.2 Å². The summed E-state index contributed by atoms with van der Waals surface area (Å²) in [4.78, 5) is 4.01. The van der Waals surface area contributed by atoms with Crippen LogP contribution in [0, 0.1) is 0 Å². The molecular weight excluding hydrogens is 267 g/mol. The highest BCUT2D eigenvalue weighted by Gasteiger charge is 2.38. The third kappa shape index (κ3) is 3.36. The molecule has 1 unspecified atom stereocenters. The third-order valence-corrected chi connectivity index (χ3v) is 3.11. The fourth-order valence-electron chi connectivity index (χ4n) is 2.06. The van der Waals surface area contributed by atoms with E-state index >= 15 is 0 Å². The molecule has 2 rings (SSSR count). The fraction of sp³-hybridized carbons (Fsp3) is 0.267. The Labute approximate surface area is 114 Å². The molecule has 5 heteroatoms. The molecule has 1 N–H and O–H groups in total. The molecule has 0 saturated carbocycles. The Hall–Kier alpha value is -1.88. The maximum atomic E-state index is 12.5. The van der Waals surface area contributed by atoms with Crippen LogP contribution < -0.4 is 0 Å². The van der Waals surface area contributed by atoms with Crippen LogP contribution in [0.25, 0.3) is 0 Å². The van der Waals surface area contributed by atoms with Crippen molar-refractivity contribution >= 4 is 0 Å². The van der Waals surface area contributed by atoms with Crippen molar-refractivity contribution in [2.24, 2.45) is 0 Å². The SMILES string of the molecule is OC(CCC(F)(F)F)(c1ccccc1)c1ccccn1. The Morgan fingerprint density at radius 1 is 0.900 bits per heavy atom. The number of aliphatic hydroxyl groups is 1. The quantitative estimate of drug-likeness (QED) is 0.927. The smallest absolute Gasteiger partial charge is 0.379 e. The van der Waals surface area contributed by atoms with Gasteiger partial charge >= 0.3 is 6.18 Å². The standard InChI is InChI=1S/C15H14F3NO/c16-15(17,18)10-9-14(20,12-6-2-1-3-7-12)13-8-4-5-11-19-13/h1-8,11,20H,9-10H2. The number of nitrogens with zero attached hydrogens (tertiary/aromatic N) is 1. The molecule has 1 heterocycles. The lowest BCUT2D eigenvalue weighted by Crippen LogP contribution is -2.30. The van der Waals surface area contributed by atoms with Gasteiger partial charge in [0.1, 0.15) is 5.60 Å². The van der Waals surface area contributed by atoms with Crippen molar-refractivity contribution in [3.63, 3.8) is 0 Å². The van der Waals surface area contributed by atoms with Gasteiger partial charge in [-0.1, -0.05) is 36.4 Å². The van der Waals surface area contributed by atoms with Crippen LogP contribution in [-0.4, -0.2) is 16.3 Å². The molecule has 1 aromatic heterocycles. The maximum absolute atomic E-state index is 12.5. The third-order valence-electron chi connectivity index (χ3n) is 3.11. The van der Waals surface area contributed by atoms with Crippen LogP contribution in [0.15, 0.2) is 54.7 Å². The summed E-state index contributed by atoms with van der Waals surface area (Å²) < 4.78 is 37.5. The Bertz CT molecular complexity index is 501. The first-order valence-corrected chi connectivity index (χ1v) is 6.18. The molecule has 0 fully saturated rings. The largest absolute Gasteiger partial charge is 0.389 e. The average molecular weight is 281 g/mol. The van der Waals surface area contributed by atoms with Gasteiger partial charge in [0.15, 0.2) is 0 Å². The minimum atomic E-state index is -4.32. The minimum Gasteiger partial charge on any atom is -0.379 e. The van der Waals surface area contributed by atoms with Crippen LogP contribution in [-0.2, 0) is 5.60 Å². The summed E-state index contributed by atoms with van der Waals surface area (Å²) in [5.74, 6) is 0. The highest BCUT2D eigenvalue weighted by Crippen LogP contribution is 2.36. The number of alkyl halides is 3. The summed E-state index contributed by atoms with van der Waals surface area (Å²) in [7, 11) is 0. The molecule has 0 aliphatic carbocycles. The molecule has 0 aliphatic heterocycles. The van der Waals surface area contributed by atoms with Crippen LogP contribution in [0.4, 0.5) is 13.2 Å². The molecule has 0 spiro atoms. The Kier molecular flexibility index (Phi) is 4.09. The van der Waals surface area contributed by atoms with Crippen LogP contribution in [0.1, 0.15) is 24.1 Å². The molecule has 0 radical (unpaired) electrons. The number of benzene rings is 1. The lowest BCUT2D eigenvalue weighted by Gasteiger charge is -2.28. The lowest BCUT2D eigenvalue weighted by molar-refractivity contribution is -0.144. The van der Waals surface area contributed by atoms with Gasteiger partial charge in [-0.25, -0.2) is 0 Å². The van der Waals surface area contributed by atoms with E-state index in [0.717, 1.165) is 0 Å². The first-order chi connectivity index (χ1) is 9.42. The van der Waals surface area contributed by atoms with Gasteiger partial charge in [0.2, 0.25) is 0 Å². The van der Waals surface area contributed by atoms with Crippen LogP contribution in [0.3, 0.4) is 0 Å². The van der Waals surface area contributed by atoms with Crippen molar-refractivity contribution in [3.8, 4) is 0 Å². The fourth-order valence-corrected chi connectivity index (χ4v) is 2.06. The molecule has 0 amide bonds. The second-order valence-corrected chi connectivity index (χ2v) is 4.56. The van der Waals surface area contributed by atoms with Crippen molar-refractivity contribution < 1.29 is 18.3 Å². The Balaban J connectivity index is 2.39. The van der Waals surface area contributed by atoms with Gasteiger partial charge in [-0.05, 0) is 24.1 Å². The van der Waals surface area contributed by atoms with E-state index in [1.807, 2.05) is 0 Å². The predicted octanol–water partition coefficient (Wildman–Crippen LogP) is 3.66. The van der Waals surface area contributed by atoms with E-state index in [0.29, 0.717) is 5.56 Å². The number of halogens is 3. The summed E-state index contributed by atoms with van der Waals surface area (Å²) in [5.41, 5.74) is -1.11. The molecule has 0 bridgehead atoms. The van der Waals surface area contributed by atoms with Crippen molar-refractivity contribution in [2.45, 2.75) is 24.6 Å². The second-order valence-electron chi connectivity index (χ2n) is 4.56.